The molecule has 0 saturated carbocycles. The molecule has 2 aromatic carbocycles. The van der Waals surface area contributed by atoms with Gasteiger partial charge in [0.25, 0.3) is 0 Å². The average molecular weight is 340 g/mol. The van der Waals surface area contributed by atoms with Gasteiger partial charge in [0.05, 0.1) is 21.8 Å². The number of aryl methyl sites for hydroxylation is 1. The molecule has 5 heteroatoms. The molecule has 4 nitrogen and oxygen atoms in total. The Morgan fingerprint density at radius 1 is 1.04 bits per heavy atom. The molecule has 1 aromatic heterocycles. The number of fused-ring (bicyclic) bond motifs is 1. The normalized spacial score (nSPS) is 10.8. The zero-order valence-corrected chi connectivity index (χ0v) is 14.2. The number of nitrogens with one attached hydrogen (secondary N) is 1. The third-order valence-corrected chi connectivity index (χ3v) is 4.75. The standard InChI is InChI=1S/C19H20N2O2S/c22-18(21-23-14-15-8-2-1-3-9-15)12-6-7-13-19-20-16-10-4-5-11-17(16)24-19/h1-5,8-11H,6-7,12-14H2,(H,21,22). The molecular formula is C19H20N2O2S. The minimum absolute atomic E-state index is 0.0739. The van der Waals surface area contributed by atoms with Crippen molar-refractivity contribution < 1.29 is 9.63 Å². The summed E-state index contributed by atoms with van der Waals surface area (Å²) in [6.45, 7) is 0.387. The third-order valence-electron chi connectivity index (χ3n) is 3.65. The predicted molar refractivity (Wildman–Crippen MR) is 96.5 cm³/mol. The van der Waals surface area contributed by atoms with E-state index in [4.69, 9.17) is 4.84 Å². The molecule has 1 amide bonds. The summed E-state index contributed by atoms with van der Waals surface area (Å²) in [4.78, 5) is 21.6. The predicted octanol–water partition coefficient (Wildman–Crippen LogP) is 4.26. The third kappa shape index (κ3) is 4.88. The van der Waals surface area contributed by atoms with Gasteiger partial charge in [-0.2, -0.15) is 0 Å². The molecule has 0 saturated heterocycles. The Kier molecular flexibility index (Phi) is 5.93. The zero-order valence-electron chi connectivity index (χ0n) is 13.4. The van der Waals surface area contributed by atoms with Gasteiger partial charge in [-0.1, -0.05) is 42.5 Å². The number of aromatic nitrogens is 1. The van der Waals surface area contributed by atoms with E-state index in [1.807, 2.05) is 48.5 Å². The fraction of sp³-hybridized carbons (Fsp3) is 0.263. The fourth-order valence-corrected chi connectivity index (χ4v) is 3.42. The van der Waals surface area contributed by atoms with Crippen molar-refractivity contribution in [2.24, 2.45) is 0 Å². The summed E-state index contributed by atoms with van der Waals surface area (Å²) in [5.41, 5.74) is 4.59. The highest BCUT2D eigenvalue weighted by atomic mass is 32.1. The number of hydrogen-bond donors (Lipinski definition) is 1. The minimum Gasteiger partial charge on any atom is -0.273 e. The van der Waals surface area contributed by atoms with Gasteiger partial charge in [-0.15, -0.1) is 11.3 Å². The number of para-hydroxylation sites is 1. The van der Waals surface area contributed by atoms with E-state index in [-0.39, 0.29) is 5.91 Å². The summed E-state index contributed by atoms with van der Waals surface area (Å²) < 4.78 is 1.22. The van der Waals surface area contributed by atoms with Gasteiger partial charge < -0.3 is 0 Å². The highest BCUT2D eigenvalue weighted by molar-refractivity contribution is 7.18. The van der Waals surface area contributed by atoms with Crippen LogP contribution < -0.4 is 5.48 Å². The van der Waals surface area contributed by atoms with Crippen LogP contribution in [0, 0.1) is 0 Å². The van der Waals surface area contributed by atoms with Crippen molar-refractivity contribution in [1.82, 2.24) is 10.5 Å². The van der Waals surface area contributed by atoms with Crippen molar-refractivity contribution in [3.63, 3.8) is 0 Å². The maximum absolute atomic E-state index is 11.7. The number of hydroxylamine groups is 1. The van der Waals surface area contributed by atoms with E-state index in [9.17, 15) is 4.79 Å². The molecular weight excluding hydrogens is 320 g/mol. The van der Waals surface area contributed by atoms with Gasteiger partial charge in [0.15, 0.2) is 0 Å². The Morgan fingerprint density at radius 2 is 1.83 bits per heavy atom. The van der Waals surface area contributed by atoms with E-state index >= 15 is 0 Å². The van der Waals surface area contributed by atoms with Crippen molar-refractivity contribution in [3.8, 4) is 0 Å². The van der Waals surface area contributed by atoms with E-state index < -0.39 is 0 Å². The summed E-state index contributed by atoms with van der Waals surface area (Å²) in [5, 5.41) is 1.14. The first kappa shape index (κ1) is 16.6. The Hall–Kier alpha value is -2.24. The van der Waals surface area contributed by atoms with E-state index in [1.54, 1.807) is 11.3 Å². The number of thiazole rings is 1. The lowest BCUT2D eigenvalue weighted by molar-refractivity contribution is -0.134. The fourth-order valence-electron chi connectivity index (χ4n) is 2.41. The minimum atomic E-state index is -0.0739. The molecule has 0 spiro atoms. The maximum Gasteiger partial charge on any atom is 0.243 e. The number of amides is 1. The molecule has 24 heavy (non-hydrogen) atoms. The first-order valence-corrected chi connectivity index (χ1v) is 8.92. The second kappa shape index (κ2) is 8.57. The van der Waals surface area contributed by atoms with E-state index in [0.717, 1.165) is 35.4 Å². The molecule has 1 N–H and O–H groups in total. The van der Waals surface area contributed by atoms with Gasteiger partial charge in [0.1, 0.15) is 0 Å². The van der Waals surface area contributed by atoms with Crippen molar-refractivity contribution in [1.29, 1.82) is 0 Å². The van der Waals surface area contributed by atoms with Crippen molar-refractivity contribution in [2.75, 3.05) is 0 Å². The van der Waals surface area contributed by atoms with Crippen LogP contribution in [-0.4, -0.2) is 10.9 Å². The van der Waals surface area contributed by atoms with E-state index in [2.05, 4.69) is 16.5 Å². The molecule has 0 aliphatic heterocycles. The molecule has 0 bridgehead atoms. The number of rotatable bonds is 8. The molecule has 0 unspecified atom stereocenters. The number of nitrogens with zero attached hydrogens (tertiary/aromatic N) is 1. The highest BCUT2D eigenvalue weighted by Gasteiger charge is 2.05. The van der Waals surface area contributed by atoms with Gasteiger partial charge in [-0.25, -0.2) is 10.5 Å². The quantitative estimate of drug-likeness (QED) is 0.492. The number of carbonyl (C=O) groups excluding carboxylic acids is 1. The summed E-state index contributed by atoms with van der Waals surface area (Å²) in [5.74, 6) is -0.0739. The summed E-state index contributed by atoms with van der Waals surface area (Å²) in [6.07, 6.45) is 3.17. The number of carbonyl (C=O) groups is 1. The van der Waals surface area contributed by atoms with Gasteiger partial charge in [-0.3, -0.25) is 9.63 Å². The van der Waals surface area contributed by atoms with Crippen LogP contribution >= 0.6 is 11.3 Å². The van der Waals surface area contributed by atoms with E-state index in [1.165, 1.54) is 4.70 Å². The first-order valence-electron chi connectivity index (χ1n) is 8.10. The lowest BCUT2D eigenvalue weighted by Crippen LogP contribution is -2.23. The first-order chi connectivity index (χ1) is 11.8. The average Bonchev–Trinajstić information content (AvgIpc) is 3.02. The van der Waals surface area contributed by atoms with Gasteiger partial charge >= 0.3 is 0 Å². The number of benzene rings is 2. The smallest absolute Gasteiger partial charge is 0.243 e. The summed E-state index contributed by atoms with van der Waals surface area (Å²) in [7, 11) is 0. The molecule has 3 aromatic rings. The second-order valence-electron chi connectivity index (χ2n) is 5.58. The number of unbranched alkanes of at least 4 members (excludes halogenated alkanes) is 1. The lowest BCUT2D eigenvalue weighted by Gasteiger charge is -2.05. The Morgan fingerprint density at radius 3 is 2.67 bits per heavy atom. The molecule has 0 atom stereocenters. The van der Waals surface area contributed by atoms with Crippen LogP contribution in [0.5, 0.6) is 0 Å². The van der Waals surface area contributed by atoms with Crippen molar-refractivity contribution >= 4 is 27.5 Å². The molecule has 3 rings (SSSR count). The largest absolute Gasteiger partial charge is 0.273 e. The van der Waals surface area contributed by atoms with E-state index in [0.29, 0.717) is 13.0 Å². The van der Waals surface area contributed by atoms with Crippen LogP contribution in [0.15, 0.2) is 54.6 Å². The van der Waals surface area contributed by atoms with Crippen molar-refractivity contribution in [2.45, 2.75) is 32.3 Å². The molecule has 124 valence electrons. The van der Waals surface area contributed by atoms with Gasteiger partial charge in [0, 0.05) is 6.42 Å². The lowest BCUT2D eigenvalue weighted by atomic mass is 10.2. The monoisotopic (exact) mass is 340 g/mol. The topological polar surface area (TPSA) is 51.2 Å². The Bertz CT molecular complexity index is 753. The van der Waals surface area contributed by atoms with Gasteiger partial charge in [0.2, 0.25) is 5.91 Å². The van der Waals surface area contributed by atoms with Crippen LogP contribution in [0.4, 0.5) is 0 Å². The van der Waals surface area contributed by atoms with Gasteiger partial charge in [-0.05, 0) is 37.0 Å². The van der Waals surface area contributed by atoms with Crippen LogP contribution in [-0.2, 0) is 22.7 Å². The van der Waals surface area contributed by atoms with Crippen LogP contribution in [0.1, 0.15) is 29.8 Å². The molecule has 0 aliphatic rings. The SMILES string of the molecule is O=C(CCCCc1nc2ccccc2s1)NOCc1ccccc1. The molecule has 1 heterocycles. The maximum atomic E-state index is 11.7. The summed E-state index contributed by atoms with van der Waals surface area (Å²) >= 11 is 1.73. The number of hydrogen-bond acceptors (Lipinski definition) is 4. The zero-order chi connectivity index (χ0) is 16.6. The highest BCUT2D eigenvalue weighted by Crippen LogP contribution is 2.22. The van der Waals surface area contributed by atoms with Crippen LogP contribution in [0.25, 0.3) is 10.2 Å². The van der Waals surface area contributed by atoms with Crippen molar-refractivity contribution in [3.05, 3.63) is 65.2 Å². The molecule has 0 fully saturated rings. The van der Waals surface area contributed by atoms with Crippen LogP contribution in [0.2, 0.25) is 0 Å². The molecule has 0 radical (unpaired) electrons. The Labute approximate surface area is 145 Å². The molecule has 0 aliphatic carbocycles. The second-order valence-corrected chi connectivity index (χ2v) is 6.70. The summed E-state index contributed by atoms with van der Waals surface area (Å²) in [6, 6.07) is 17.9. The van der Waals surface area contributed by atoms with Crippen LogP contribution in [0.3, 0.4) is 0 Å². The Balaban J connectivity index is 1.32.